The molecule has 1 N–H and O–H groups in total. The Morgan fingerprint density at radius 3 is 2.50 bits per heavy atom. The molecule has 2 aromatic rings. The summed E-state index contributed by atoms with van der Waals surface area (Å²) < 4.78 is 0. The van der Waals surface area contributed by atoms with Crippen LogP contribution < -0.4 is 5.32 Å². The van der Waals surface area contributed by atoms with Crippen LogP contribution in [-0.2, 0) is 11.2 Å². The second kappa shape index (κ2) is 8.69. The van der Waals surface area contributed by atoms with Gasteiger partial charge in [0.25, 0.3) is 0 Å². The van der Waals surface area contributed by atoms with Crippen molar-refractivity contribution >= 4 is 17.5 Å². The molecule has 0 saturated carbocycles. The second-order valence-electron chi connectivity index (χ2n) is 7.23. The number of hydrogen-bond donors (Lipinski definition) is 1. The smallest absolute Gasteiger partial charge is 0.222 e. The van der Waals surface area contributed by atoms with Crippen molar-refractivity contribution in [3.8, 4) is 0 Å². The predicted octanol–water partition coefficient (Wildman–Crippen LogP) is 2.84. The number of nitrogens with one attached hydrogen (secondary N) is 1. The van der Waals surface area contributed by atoms with Crippen LogP contribution in [0.3, 0.4) is 0 Å². The molecule has 7 nitrogen and oxygen atoms in total. The van der Waals surface area contributed by atoms with Crippen molar-refractivity contribution in [2.75, 3.05) is 18.4 Å². The van der Waals surface area contributed by atoms with Crippen LogP contribution >= 0.6 is 0 Å². The molecule has 1 fully saturated rings. The van der Waals surface area contributed by atoms with Crippen LogP contribution in [-0.4, -0.2) is 43.8 Å². The molecule has 0 bridgehead atoms. The highest BCUT2D eigenvalue weighted by Crippen LogP contribution is 2.22. The monoisotopic (exact) mass is 354 g/mol. The molecule has 0 aliphatic carbocycles. The molecule has 0 radical (unpaired) electrons. The van der Waals surface area contributed by atoms with E-state index >= 15 is 0 Å². The Kier molecular flexibility index (Phi) is 6.09. The Labute approximate surface area is 154 Å². The Hall–Kier alpha value is -2.57. The summed E-state index contributed by atoms with van der Waals surface area (Å²) in [5.74, 6) is 2.57. The summed E-state index contributed by atoms with van der Waals surface area (Å²) in [6.45, 7) is 5.89. The van der Waals surface area contributed by atoms with Crippen molar-refractivity contribution in [3.63, 3.8) is 0 Å². The minimum absolute atomic E-state index is 0.290. The number of carbonyl (C=O) groups excluding carboxylic acids is 1. The van der Waals surface area contributed by atoms with Gasteiger partial charge in [-0.15, -0.1) is 0 Å². The van der Waals surface area contributed by atoms with Gasteiger partial charge < -0.3 is 10.2 Å². The average Bonchev–Trinajstić information content (AvgIpc) is 2.64. The first kappa shape index (κ1) is 18.2. The molecule has 0 atom stereocenters. The number of piperidine rings is 1. The number of likely N-dealkylation sites (tertiary alicyclic amines) is 1. The lowest BCUT2D eigenvalue weighted by atomic mass is 9.92. The SMILES string of the molecule is CC(C)CC(=O)N1CCC(Cc2cnc(Nc3cnccn3)cn2)CC1. The van der Waals surface area contributed by atoms with E-state index in [1.165, 1.54) is 0 Å². The topological polar surface area (TPSA) is 83.9 Å². The summed E-state index contributed by atoms with van der Waals surface area (Å²) in [7, 11) is 0. The summed E-state index contributed by atoms with van der Waals surface area (Å²) in [6, 6.07) is 0. The standard InChI is InChI=1S/C19H26N6O/c1-14(2)9-19(26)25-7-3-15(4-8-25)10-16-11-23-18(13-22-16)24-17-12-20-5-6-21-17/h5-6,11-15H,3-4,7-10H2,1-2H3,(H,21,23,24). The van der Waals surface area contributed by atoms with Gasteiger partial charge in [0.1, 0.15) is 11.6 Å². The molecule has 26 heavy (non-hydrogen) atoms. The van der Waals surface area contributed by atoms with E-state index in [4.69, 9.17) is 0 Å². The van der Waals surface area contributed by atoms with E-state index in [9.17, 15) is 4.79 Å². The lowest BCUT2D eigenvalue weighted by Crippen LogP contribution is -2.39. The Morgan fingerprint density at radius 2 is 1.88 bits per heavy atom. The molecule has 1 aliphatic heterocycles. The van der Waals surface area contributed by atoms with Crippen LogP contribution in [0, 0.1) is 11.8 Å². The van der Waals surface area contributed by atoms with Gasteiger partial charge in [0.2, 0.25) is 5.91 Å². The minimum atomic E-state index is 0.290. The quantitative estimate of drug-likeness (QED) is 0.859. The van der Waals surface area contributed by atoms with E-state index in [1.807, 2.05) is 11.1 Å². The molecule has 3 heterocycles. The Morgan fingerprint density at radius 1 is 1.12 bits per heavy atom. The minimum Gasteiger partial charge on any atom is -0.343 e. The fourth-order valence-corrected chi connectivity index (χ4v) is 3.18. The molecule has 1 amide bonds. The maximum Gasteiger partial charge on any atom is 0.222 e. The zero-order chi connectivity index (χ0) is 18.4. The van der Waals surface area contributed by atoms with Gasteiger partial charge in [0.15, 0.2) is 0 Å². The van der Waals surface area contributed by atoms with Crippen molar-refractivity contribution in [1.82, 2.24) is 24.8 Å². The average molecular weight is 354 g/mol. The molecule has 1 aliphatic rings. The normalized spacial score (nSPS) is 15.3. The van der Waals surface area contributed by atoms with Crippen molar-refractivity contribution in [3.05, 3.63) is 36.7 Å². The molecule has 0 spiro atoms. The second-order valence-corrected chi connectivity index (χ2v) is 7.23. The number of carbonyl (C=O) groups is 1. The van der Waals surface area contributed by atoms with Crippen LogP contribution in [0.5, 0.6) is 0 Å². The van der Waals surface area contributed by atoms with E-state index in [-0.39, 0.29) is 5.91 Å². The lowest BCUT2D eigenvalue weighted by Gasteiger charge is -2.32. The summed E-state index contributed by atoms with van der Waals surface area (Å²) >= 11 is 0. The molecule has 1 saturated heterocycles. The van der Waals surface area contributed by atoms with Gasteiger partial charge in [-0.2, -0.15) is 0 Å². The van der Waals surface area contributed by atoms with Gasteiger partial charge >= 0.3 is 0 Å². The maximum absolute atomic E-state index is 12.1. The van der Waals surface area contributed by atoms with Gasteiger partial charge in [0, 0.05) is 31.9 Å². The summed E-state index contributed by atoms with van der Waals surface area (Å²) in [6.07, 6.45) is 12.1. The predicted molar refractivity (Wildman–Crippen MR) is 99.8 cm³/mol. The van der Waals surface area contributed by atoms with E-state index in [0.29, 0.717) is 29.9 Å². The van der Waals surface area contributed by atoms with Gasteiger partial charge in [-0.1, -0.05) is 13.8 Å². The number of aromatic nitrogens is 4. The Bertz CT molecular complexity index is 696. The van der Waals surface area contributed by atoms with Crippen molar-refractivity contribution < 1.29 is 4.79 Å². The van der Waals surface area contributed by atoms with Crippen LogP contribution in [0.15, 0.2) is 31.0 Å². The molecule has 3 rings (SSSR count). The molecular formula is C19H26N6O. The zero-order valence-electron chi connectivity index (χ0n) is 15.4. The van der Waals surface area contributed by atoms with Crippen LogP contribution in [0.2, 0.25) is 0 Å². The fourth-order valence-electron chi connectivity index (χ4n) is 3.18. The number of rotatable bonds is 6. The summed E-state index contributed by atoms with van der Waals surface area (Å²) in [4.78, 5) is 31.2. The third kappa shape index (κ3) is 5.21. The number of amides is 1. The summed E-state index contributed by atoms with van der Waals surface area (Å²) in [5, 5.41) is 3.08. The molecule has 0 unspecified atom stereocenters. The van der Waals surface area contributed by atoms with Gasteiger partial charge in [-0.3, -0.25) is 14.8 Å². The van der Waals surface area contributed by atoms with Crippen LogP contribution in [0.4, 0.5) is 11.6 Å². The highest BCUT2D eigenvalue weighted by molar-refractivity contribution is 5.76. The van der Waals surface area contributed by atoms with Gasteiger partial charge in [-0.05, 0) is 31.1 Å². The van der Waals surface area contributed by atoms with E-state index in [2.05, 4.69) is 39.1 Å². The maximum atomic E-state index is 12.1. The van der Waals surface area contributed by atoms with Gasteiger partial charge in [0.05, 0.1) is 24.3 Å². The number of nitrogens with zero attached hydrogens (tertiary/aromatic N) is 5. The lowest BCUT2D eigenvalue weighted by molar-refractivity contribution is -0.133. The van der Waals surface area contributed by atoms with Crippen LogP contribution in [0.1, 0.15) is 38.8 Å². The third-order valence-corrected chi connectivity index (χ3v) is 4.57. The highest BCUT2D eigenvalue weighted by atomic mass is 16.2. The number of hydrogen-bond acceptors (Lipinski definition) is 6. The van der Waals surface area contributed by atoms with Gasteiger partial charge in [-0.25, -0.2) is 9.97 Å². The molecule has 0 aromatic carbocycles. The molecule has 7 heteroatoms. The zero-order valence-corrected chi connectivity index (χ0v) is 15.4. The van der Waals surface area contributed by atoms with Crippen molar-refractivity contribution in [1.29, 1.82) is 0 Å². The van der Waals surface area contributed by atoms with E-state index < -0.39 is 0 Å². The molecule has 138 valence electrons. The van der Waals surface area contributed by atoms with E-state index in [0.717, 1.165) is 38.0 Å². The first-order valence-electron chi connectivity index (χ1n) is 9.22. The fraction of sp³-hybridized carbons (Fsp3) is 0.526. The molecular weight excluding hydrogens is 328 g/mol. The first-order valence-corrected chi connectivity index (χ1v) is 9.22. The van der Waals surface area contributed by atoms with Crippen molar-refractivity contribution in [2.45, 2.75) is 39.5 Å². The number of anilines is 2. The van der Waals surface area contributed by atoms with E-state index in [1.54, 1.807) is 24.8 Å². The third-order valence-electron chi connectivity index (χ3n) is 4.57. The van der Waals surface area contributed by atoms with Crippen molar-refractivity contribution in [2.24, 2.45) is 11.8 Å². The molecule has 2 aromatic heterocycles. The summed E-state index contributed by atoms with van der Waals surface area (Å²) in [5.41, 5.74) is 0.988. The Balaban J connectivity index is 1.47. The largest absolute Gasteiger partial charge is 0.343 e. The highest BCUT2D eigenvalue weighted by Gasteiger charge is 2.23. The first-order chi connectivity index (χ1) is 12.6. The van der Waals surface area contributed by atoms with Crippen LogP contribution in [0.25, 0.3) is 0 Å².